The fraction of sp³-hybridized carbons (Fsp3) is 0.364. The molecule has 2 N–H and O–H groups in total. The molecule has 3 aromatic heterocycles. The maximum Gasteiger partial charge on any atom is 0.320 e. The summed E-state index contributed by atoms with van der Waals surface area (Å²) in [6.07, 6.45) is 5.49. The minimum Gasteiger partial charge on any atom is -0.368 e. The molecule has 0 radical (unpaired) electrons. The highest BCUT2D eigenvalue weighted by Crippen LogP contribution is 2.22. The molecule has 3 aromatic rings. The number of carbonyl (C=O) groups is 1. The number of nitrogens with zero attached hydrogens (tertiary/aromatic N) is 6. The minimum atomic E-state index is -0.235. The Morgan fingerprint density at radius 2 is 2.00 bits per heavy atom. The summed E-state index contributed by atoms with van der Waals surface area (Å²) in [7, 11) is 0. The Hall–Kier alpha value is -3.46. The van der Waals surface area contributed by atoms with Gasteiger partial charge in [0.25, 0.3) is 0 Å². The average Bonchev–Trinajstić information content (AvgIpc) is 3.31. The molecule has 0 aliphatic carbocycles. The van der Waals surface area contributed by atoms with Crippen molar-refractivity contribution in [3.05, 3.63) is 60.2 Å². The summed E-state index contributed by atoms with van der Waals surface area (Å²) in [4.78, 5) is 25.5. The summed E-state index contributed by atoms with van der Waals surface area (Å²) < 4.78 is 1.78. The van der Waals surface area contributed by atoms with Crippen LogP contribution >= 0.6 is 0 Å². The van der Waals surface area contributed by atoms with Crippen LogP contribution in [-0.4, -0.2) is 63.4 Å². The second-order valence-electron chi connectivity index (χ2n) is 7.52. The van der Waals surface area contributed by atoms with E-state index >= 15 is 0 Å². The van der Waals surface area contributed by atoms with Gasteiger partial charge < -0.3 is 10.2 Å². The summed E-state index contributed by atoms with van der Waals surface area (Å²) in [6, 6.07) is 9.68. The molecule has 0 bridgehead atoms. The van der Waals surface area contributed by atoms with Gasteiger partial charge in [0, 0.05) is 60.7 Å². The number of aryl methyl sites for hydroxylation is 1. The van der Waals surface area contributed by atoms with Crippen LogP contribution in [0.5, 0.6) is 0 Å². The van der Waals surface area contributed by atoms with Crippen molar-refractivity contribution >= 4 is 17.5 Å². The second kappa shape index (κ2) is 9.57. The van der Waals surface area contributed by atoms with Crippen LogP contribution < -0.4 is 15.5 Å². The lowest BCUT2D eigenvalue weighted by atomic mass is 10.2. The Bertz CT molecular complexity index is 1010. The van der Waals surface area contributed by atoms with Crippen molar-refractivity contribution in [2.45, 2.75) is 20.4 Å². The highest BCUT2D eigenvalue weighted by molar-refractivity contribution is 5.88. The first kappa shape index (κ1) is 20.8. The Morgan fingerprint density at radius 3 is 2.65 bits per heavy atom. The van der Waals surface area contributed by atoms with Crippen LogP contribution in [0.15, 0.2) is 48.9 Å². The quantitative estimate of drug-likeness (QED) is 0.632. The van der Waals surface area contributed by atoms with Crippen LogP contribution in [0.3, 0.4) is 0 Å². The number of piperazine rings is 1. The smallest absolute Gasteiger partial charge is 0.320 e. The molecule has 1 fully saturated rings. The van der Waals surface area contributed by atoms with E-state index in [1.165, 1.54) is 5.69 Å². The number of hydrogen-bond donors (Lipinski definition) is 2. The van der Waals surface area contributed by atoms with Gasteiger partial charge in [0.05, 0.1) is 11.4 Å². The number of hydrogen-bond acceptors (Lipinski definition) is 6. The molecule has 0 unspecified atom stereocenters. The number of anilines is 2. The summed E-state index contributed by atoms with van der Waals surface area (Å²) in [6.45, 7) is 9.21. The van der Waals surface area contributed by atoms with Gasteiger partial charge in [-0.05, 0) is 43.7 Å². The third kappa shape index (κ3) is 5.18. The van der Waals surface area contributed by atoms with E-state index in [-0.39, 0.29) is 8.88 Å². The molecule has 9 heteroatoms. The van der Waals surface area contributed by atoms with Crippen molar-refractivity contribution in [1.29, 1.82) is 0 Å². The first-order valence-electron chi connectivity index (χ1n) is 10.6. The van der Waals surface area contributed by atoms with E-state index in [9.17, 15) is 4.79 Å². The summed E-state index contributed by atoms with van der Waals surface area (Å²) in [5, 5.41) is 9.67. The number of rotatable bonds is 6. The predicted octanol–water partition coefficient (Wildman–Crippen LogP) is 2.93. The minimum absolute atomic E-state index is 0. The van der Waals surface area contributed by atoms with Crippen molar-refractivity contribution < 1.29 is 7.65 Å². The highest BCUT2D eigenvalue weighted by Gasteiger charge is 2.19. The zero-order valence-corrected chi connectivity index (χ0v) is 18.0. The maximum atomic E-state index is 11.6. The van der Waals surface area contributed by atoms with Crippen molar-refractivity contribution in [1.82, 2.24) is 30.0 Å². The predicted molar refractivity (Wildman–Crippen MR) is 125 cm³/mol. The van der Waals surface area contributed by atoms with E-state index in [2.05, 4.69) is 43.5 Å². The molecule has 4 rings (SSSR count). The molecule has 0 aromatic carbocycles. The van der Waals surface area contributed by atoms with E-state index in [0.717, 1.165) is 49.8 Å². The van der Waals surface area contributed by atoms with Crippen molar-refractivity contribution in [3.8, 4) is 5.82 Å². The molecule has 9 nitrogen and oxygen atoms in total. The standard InChI is InChI=1S/C22H28N8O.2H2/c1-3-23-22(31)27-20-7-5-18(15-24-20)16-28-11-13-29(14-12-28)19-6-8-21(26-17(19)2)30-10-4-9-25-30;;/h4-10,15H,3,11-14,16H2,1-2H3,(H2,23,24,27,31);2*1H. The van der Waals surface area contributed by atoms with Gasteiger partial charge in [0.1, 0.15) is 5.82 Å². The Kier molecular flexibility index (Phi) is 6.42. The average molecular weight is 425 g/mol. The molecule has 2 amide bonds. The monoisotopic (exact) mass is 424 g/mol. The van der Waals surface area contributed by atoms with Crippen LogP contribution in [0.4, 0.5) is 16.3 Å². The number of amides is 2. The normalized spacial score (nSPS) is 14.5. The van der Waals surface area contributed by atoms with E-state index < -0.39 is 0 Å². The molecule has 166 valence electrons. The Balaban J connectivity index is 0.00000193. The fourth-order valence-corrected chi connectivity index (χ4v) is 3.72. The zero-order chi connectivity index (χ0) is 21.6. The van der Waals surface area contributed by atoms with Gasteiger partial charge in [-0.3, -0.25) is 10.2 Å². The van der Waals surface area contributed by atoms with Crippen LogP contribution in [0, 0.1) is 6.92 Å². The Labute approximate surface area is 185 Å². The van der Waals surface area contributed by atoms with Crippen molar-refractivity contribution in [3.63, 3.8) is 0 Å². The van der Waals surface area contributed by atoms with Gasteiger partial charge in [0.15, 0.2) is 5.82 Å². The molecule has 4 heterocycles. The fourth-order valence-electron chi connectivity index (χ4n) is 3.72. The van der Waals surface area contributed by atoms with Gasteiger partial charge in [-0.1, -0.05) is 6.07 Å². The lowest BCUT2D eigenvalue weighted by Gasteiger charge is -2.36. The van der Waals surface area contributed by atoms with Crippen molar-refractivity contribution in [2.24, 2.45) is 0 Å². The molecular weight excluding hydrogens is 392 g/mol. The van der Waals surface area contributed by atoms with Gasteiger partial charge in [0.2, 0.25) is 0 Å². The second-order valence-corrected chi connectivity index (χ2v) is 7.52. The molecule has 1 saturated heterocycles. The number of urea groups is 1. The largest absolute Gasteiger partial charge is 0.368 e. The topological polar surface area (TPSA) is 91.2 Å². The molecule has 0 atom stereocenters. The highest BCUT2D eigenvalue weighted by atomic mass is 16.2. The lowest BCUT2D eigenvalue weighted by molar-refractivity contribution is 0.249. The van der Waals surface area contributed by atoms with Crippen LogP contribution in [0.1, 0.15) is 21.0 Å². The third-order valence-corrected chi connectivity index (χ3v) is 5.31. The summed E-state index contributed by atoms with van der Waals surface area (Å²) in [5.41, 5.74) is 3.33. The lowest BCUT2D eigenvalue weighted by Crippen LogP contribution is -2.46. The maximum absolute atomic E-state index is 11.6. The number of aromatic nitrogens is 4. The van der Waals surface area contributed by atoms with E-state index in [1.807, 2.05) is 43.6 Å². The number of pyridine rings is 2. The molecule has 1 aliphatic heterocycles. The first-order chi connectivity index (χ1) is 15.1. The third-order valence-electron chi connectivity index (χ3n) is 5.31. The first-order valence-corrected chi connectivity index (χ1v) is 10.6. The number of carbonyl (C=O) groups excluding carboxylic acids is 1. The van der Waals surface area contributed by atoms with Crippen LogP contribution in [0.25, 0.3) is 5.82 Å². The Morgan fingerprint density at radius 1 is 1.16 bits per heavy atom. The van der Waals surface area contributed by atoms with E-state index in [1.54, 1.807) is 10.9 Å². The van der Waals surface area contributed by atoms with Crippen LogP contribution in [-0.2, 0) is 6.54 Å². The molecule has 0 saturated carbocycles. The summed E-state index contributed by atoms with van der Waals surface area (Å²) in [5.74, 6) is 1.39. The van der Waals surface area contributed by atoms with Gasteiger partial charge in [-0.15, -0.1) is 0 Å². The van der Waals surface area contributed by atoms with Gasteiger partial charge >= 0.3 is 6.03 Å². The van der Waals surface area contributed by atoms with Crippen molar-refractivity contribution in [2.75, 3.05) is 42.9 Å². The zero-order valence-electron chi connectivity index (χ0n) is 18.0. The van der Waals surface area contributed by atoms with E-state index in [0.29, 0.717) is 12.4 Å². The van der Waals surface area contributed by atoms with Gasteiger partial charge in [-0.25, -0.2) is 19.4 Å². The van der Waals surface area contributed by atoms with Gasteiger partial charge in [-0.2, -0.15) is 5.10 Å². The molecule has 1 aliphatic rings. The van der Waals surface area contributed by atoms with Crippen LogP contribution in [0.2, 0.25) is 0 Å². The SMILES string of the molecule is CCNC(=O)Nc1ccc(CN2CCN(c3ccc(-n4cccn4)nc3C)CC2)cn1.[HH].[HH]. The molecule has 31 heavy (non-hydrogen) atoms. The summed E-state index contributed by atoms with van der Waals surface area (Å²) >= 11 is 0. The molecule has 0 spiro atoms. The number of nitrogens with one attached hydrogen (secondary N) is 2. The van der Waals surface area contributed by atoms with E-state index in [4.69, 9.17) is 4.98 Å². The molecular formula is C22H32N8O.